The molecule has 1 aliphatic rings. The van der Waals surface area contributed by atoms with Gasteiger partial charge in [-0.05, 0) is 35.6 Å². The lowest BCUT2D eigenvalue weighted by Gasteiger charge is -2.36. The highest BCUT2D eigenvalue weighted by atomic mass is 16.5. The minimum absolute atomic E-state index is 0.0580. The number of urea groups is 1. The lowest BCUT2D eigenvalue weighted by atomic mass is 9.91. The number of piperazine rings is 1. The van der Waals surface area contributed by atoms with Gasteiger partial charge in [0.2, 0.25) is 5.91 Å². The number of nitrogens with zero attached hydrogens (tertiary/aromatic N) is 3. The number of ether oxygens (including phenoxy) is 1. The van der Waals surface area contributed by atoms with E-state index < -0.39 is 0 Å². The predicted molar refractivity (Wildman–Crippen MR) is 156 cm³/mol. The molecule has 3 rings (SSSR count). The van der Waals surface area contributed by atoms with Crippen LogP contribution in [0.3, 0.4) is 0 Å². The second kappa shape index (κ2) is 14.0. The molecule has 2 aromatic rings. The molecule has 0 bridgehead atoms. The van der Waals surface area contributed by atoms with E-state index in [1.165, 1.54) is 5.56 Å². The molecular formula is C31H44N4O3. The third kappa shape index (κ3) is 9.21. The minimum atomic E-state index is -0.0719. The van der Waals surface area contributed by atoms with Crippen molar-refractivity contribution in [2.24, 2.45) is 5.41 Å². The maximum absolute atomic E-state index is 13.1. The smallest absolute Gasteiger partial charge is 0.321 e. The average molecular weight is 521 g/mol. The number of para-hydroxylation sites is 1. The molecule has 0 spiro atoms. The zero-order chi connectivity index (χ0) is 27.5. The Morgan fingerprint density at radius 1 is 1.03 bits per heavy atom. The molecule has 7 heteroatoms. The SMILES string of the molecule is CCc1ccc(NC(=O)N2CCN(CCN(C/C=C/c3ccccc3OC)C(=O)CC(C)(C)C)CC2)cc1. The van der Waals surface area contributed by atoms with Crippen LogP contribution in [0.5, 0.6) is 5.75 Å². The van der Waals surface area contributed by atoms with Crippen LogP contribution >= 0.6 is 0 Å². The van der Waals surface area contributed by atoms with E-state index in [1.807, 2.05) is 70.5 Å². The van der Waals surface area contributed by atoms with Gasteiger partial charge < -0.3 is 19.9 Å². The van der Waals surface area contributed by atoms with Gasteiger partial charge in [0, 0.05) is 63.5 Å². The Hall–Kier alpha value is -3.32. The number of benzene rings is 2. The van der Waals surface area contributed by atoms with Crippen molar-refractivity contribution in [2.75, 3.05) is 58.2 Å². The fourth-order valence-corrected chi connectivity index (χ4v) is 4.46. The first-order valence-electron chi connectivity index (χ1n) is 13.6. The number of amides is 3. The molecule has 1 aliphatic heterocycles. The van der Waals surface area contributed by atoms with E-state index >= 15 is 0 Å². The van der Waals surface area contributed by atoms with E-state index in [1.54, 1.807) is 7.11 Å². The molecule has 0 aliphatic carbocycles. The standard InChI is InChI=1S/C31H44N4O3/c1-6-25-13-15-27(16-14-25)32-30(37)35-22-19-33(20-23-35)18-21-34(29(36)24-31(2,3)4)17-9-11-26-10-7-8-12-28(26)38-5/h7-16H,6,17-24H2,1-5H3,(H,32,37)/b11-9+. The minimum Gasteiger partial charge on any atom is -0.496 e. The highest BCUT2D eigenvalue weighted by molar-refractivity contribution is 5.89. The van der Waals surface area contributed by atoms with Crippen molar-refractivity contribution in [3.63, 3.8) is 0 Å². The Morgan fingerprint density at radius 3 is 2.34 bits per heavy atom. The predicted octanol–water partition coefficient (Wildman–Crippen LogP) is 5.39. The van der Waals surface area contributed by atoms with E-state index in [0.29, 0.717) is 32.6 Å². The zero-order valence-corrected chi connectivity index (χ0v) is 23.7. The van der Waals surface area contributed by atoms with Gasteiger partial charge in [0.05, 0.1) is 7.11 Å². The molecule has 1 N–H and O–H groups in total. The van der Waals surface area contributed by atoms with Crippen LogP contribution in [-0.4, -0.2) is 79.6 Å². The van der Waals surface area contributed by atoms with Gasteiger partial charge in [-0.25, -0.2) is 4.79 Å². The van der Waals surface area contributed by atoms with E-state index in [0.717, 1.165) is 43.1 Å². The first-order valence-corrected chi connectivity index (χ1v) is 13.6. The lowest BCUT2D eigenvalue weighted by molar-refractivity contribution is -0.132. The molecule has 0 aromatic heterocycles. The van der Waals surface area contributed by atoms with Crippen LogP contribution in [0.2, 0.25) is 0 Å². The summed E-state index contributed by atoms with van der Waals surface area (Å²) < 4.78 is 5.44. The Kier molecular flexibility index (Phi) is 10.8. The number of hydrogen-bond acceptors (Lipinski definition) is 4. The van der Waals surface area contributed by atoms with Gasteiger partial charge in [0.15, 0.2) is 0 Å². The molecule has 3 amide bonds. The number of carbonyl (C=O) groups is 2. The molecule has 38 heavy (non-hydrogen) atoms. The second-order valence-electron chi connectivity index (χ2n) is 11.0. The number of nitrogens with one attached hydrogen (secondary N) is 1. The van der Waals surface area contributed by atoms with E-state index in [4.69, 9.17) is 4.74 Å². The second-order valence-corrected chi connectivity index (χ2v) is 11.0. The summed E-state index contributed by atoms with van der Waals surface area (Å²) >= 11 is 0. The number of methoxy groups -OCH3 is 1. The molecule has 0 atom stereocenters. The van der Waals surface area contributed by atoms with Crippen molar-refractivity contribution in [3.05, 3.63) is 65.7 Å². The monoisotopic (exact) mass is 520 g/mol. The Balaban J connectivity index is 1.52. The summed E-state index contributed by atoms with van der Waals surface area (Å²) in [6, 6.07) is 15.8. The number of hydrogen-bond donors (Lipinski definition) is 1. The van der Waals surface area contributed by atoms with Crippen LogP contribution in [0.1, 0.15) is 45.2 Å². The molecule has 1 fully saturated rings. The van der Waals surface area contributed by atoms with Crippen LogP contribution in [0.15, 0.2) is 54.6 Å². The molecule has 0 radical (unpaired) electrons. The Morgan fingerprint density at radius 2 is 1.71 bits per heavy atom. The Labute approximate surface area is 228 Å². The molecular weight excluding hydrogens is 476 g/mol. The molecule has 0 saturated carbocycles. The van der Waals surface area contributed by atoms with Gasteiger partial charge in [-0.3, -0.25) is 9.69 Å². The van der Waals surface area contributed by atoms with Crippen molar-refractivity contribution >= 4 is 23.7 Å². The van der Waals surface area contributed by atoms with Crippen LogP contribution in [0.25, 0.3) is 6.08 Å². The fourth-order valence-electron chi connectivity index (χ4n) is 4.46. The normalized spacial score (nSPS) is 14.5. The first kappa shape index (κ1) is 29.2. The van der Waals surface area contributed by atoms with E-state index in [9.17, 15) is 9.59 Å². The summed E-state index contributed by atoms with van der Waals surface area (Å²) in [6.07, 6.45) is 5.53. The van der Waals surface area contributed by atoms with Crippen molar-refractivity contribution in [2.45, 2.75) is 40.5 Å². The van der Waals surface area contributed by atoms with Gasteiger partial charge in [0.25, 0.3) is 0 Å². The van der Waals surface area contributed by atoms with Crippen LogP contribution in [0, 0.1) is 5.41 Å². The number of rotatable bonds is 10. The quantitative estimate of drug-likeness (QED) is 0.457. The van der Waals surface area contributed by atoms with Crippen molar-refractivity contribution in [3.8, 4) is 5.75 Å². The summed E-state index contributed by atoms with van der Waals surface area (Å²) in [7, 11) is 1.67. The van der Waals surface area contributed by atoms with Crippen molar-refractivity contribution in [1.82, 2.24) is 14.7 Å². The topological polar surface area (TPSA) is 65.1 Å². The first-order chi connectivity index (χ1) is 18.2. The lowest BCUT2D eigenvalue weighted by Crippen LogP contribution is -2.51. The zero-order valence-electron chi connectivity index (χ0n) is 23.7. The fraction of sp³-hybridized carbons (Fsp3) is 0.484. The summed E-state index contributed by atoms with van der Waals surface area (Å²) in [5.74, 6) is 0.977. The largest absolute Gasteiger partial charge is 0.496 e. The van der Waals surface area contributed by atoms with Gasteiger partial charge in [-0.2, -0.15) is 0 Å². The summed E-state index contributed by atoms with van der Waals surface area (Å²) in [5.41, 5.74) is 3.00. The van der Waals surface area contributed by atoms with E-state index in [-0.39, 0.29) is 17.4 Å². The van der Waals surface area contributed by atoms with Gasteiger partial charge >= 0.3 is 6.03 Å². The highest BCUT2D eigenvalue weighted by Gasteiger charge is 2.24. The molecule has 206 valence electrons. The van der Waals surface area contributed by atoms with E-state index in [2.05, 4.69) is 37.9 Å². The molecule has 0 unspecified atom stereocenters. The number of carbonyl (C=O) groups excluding carboxylic acids is 2. The summed E-state index contributed by atoms with van der Waals surface area (Å²) in [6.45, 7) is 13.3. The summed E-state index contributed by atoms with van der Waals surface area (Å²) in [4.78, 5) is 32.0. The maximum Gasteiger partial charge on any atom is 0.321 e. The molecule has 2 aromatic carbocycles. The van der Waals surface area contributed by atoms with Crippen LogP contribution in [-0.2, 0) is 11.2 Å². The third-order valence-corrected chi connectivity index (χ3v) is 6.76. The van der Waals surface area contributed by atoms with Crippen molar-refractivity contribution in [1.29, 1.82) is 0 Å². The van der Waals surface area contributed by atoms with Gasteiger partial charge in [0.1, 0.15) is 5.75 Å². The maximum atomic E-state index is 13.1. The van der Waals surface area contributed by atoms with Gasteiger partial charge in [-0.15, -0.1) is 0 Å². The third-order valence-electron chi connectivity index (χ3n) is 6.76. The average Bonchev–Trinajstić information content (AvgIpc) is 2.90. The van der Waals surface area contributed by atoms with Gasteiger partial charge in [-0.1, -0.05) is 70.2 Å². The van der Waals surface area contributed by atoms with Crippen LogP contribution < -0.4 is 10.1 Å². The molecule has 1 heterocycles. The summed E-state index contributed by atoms with van der Waals surface area (Å²) in [5, 5.41) is 3.01. The van der Waals surface area contributed by atoms with Crippen LogP contribution in [0.4, 0.5) is 10.5 Å². The van der Waals surface area contributed by atoms with Crippen molar-refractivity contribution < 1.29 is 14.3 Å². The molecule has 7 nitrogen and oxygen atoms in total. The Bertz CT molecular complexity index is 1070. The highest BCUT2D eigenvalue weighted by Crippen LogP contribution is 2.21. The number of aryl methyl sites for hydroxylation is 1. The molecule has 1 saturated heterocycles. The number of anilines is 1.